The monoisotopic (exact) mass is 251 g/mol. The number of hydrogen-bond donors (Lipinski definition) is 2. The minimum absolute atomic E-state index is 0.139. The Morgan fingerprint density at radius 3 is 2.83 bits per heavy atom. The standard InChI is InChI=1S/C12H17N3O3/c16-11(9-2-1-3-10(9)12(17)18)14-5-7-15-6-4-13-8-15/h4,6,8-10H,1-3,5,7H2,(H,14,16)(H,17,18)/t9-,10+/m1/s1. The van der Waals surface area contributed by atoms with E-state index in [1.165, 1.54) is 0 Å². The maximum absolute atomic E-state index is 11.9. The molecule has 0 saturated heterocycles. The first kappa shape index (κ1) is 12.6. The third-order valence-corrected chi connectivity index (χ3v) is 3.40. The number of amides is 1. The lowest BCUT2D eigenvalue weighted by atomic mass is 9.95. The van der Waals surface area contributed by atoms with Gasteiger partial charge in [0, 0.05) is 25.5 Å². The average molecular weight is 251 g/mol. The third-order valence-electron chi connectivity index (χ3n) is 3.40. The second kappa shape index (κ2) is 5.66. The normalized spacial score (nSPS) is 22.9. The quantitative estimate of drug-likeness (QED) is 0.798. The van der Waals surface area contributed by atoms with Crippen molar-refractivity contribution in [1.82, 2.24) is 14.9 Å². The van der Waals surface area contributed by atoms with E-state index >= 15 is 0 Å². The van der Waals surface area contributed by atoms with Crippen molar-refractivity contribution in [2.75, 3.05) is 6.54 Å². The highest BCUT2D eigenvalue weighted by molar-refractivity contribution is 5.85. The molecule has 1 saturated carbocycles. The maximum Gasteiger partial charge on any atom is 0.307 e. The zero-order valence-corrected chi connectivity index (χ0v) is 10.1. The lowest BCUT2D eigenvalue weighted by Gasteiger charge is -2.15. The van der Waals surface area contributed by atoms with Gasteiger partial charge in [-0.2, -0.15) is 0 Å². The fraction of sp³-hybridized carbons (Fsp3) is 0.583. The molecule has 1 aliphatic rings. The summed E-state index contributed by atoms with van der Waals surface area (Å²) in [6.45, 7) is 1.15. The van der Waals surface area contributed by atoms with Gasteiger partial charge in [0.15, 0.2) is 0 Å². The summed E-state index contributed by atoms with van der Waals surface area (Å²) < 4.78 is 1.86. The molecule has 0 spiro atoms. The molecule has 2 N–H and O–H groups in total. The Bertz CT molecular complexity index is 416. The highest BCUT2D eigenvalue weighted by atomic mass is 16.4. The van der Waals surface area contributed by atoms with Gasteiger partial charge in [0.2, 0.25) is 5.91 Å². The summed E-state index contributed by atoms with van der Waals surface area (Å²) in [5, 5.41) is 11.8. The van der Waals surface area contributed by atoms with E-state index in [-0.39, 0.29) is 11.8 Å². The minimum atomic E-state index is -0.859. The zero-order chi connectivity index (χ0) is 13.0. The number of carboxylic acids is 1. The molecule has 0 unspecified atom stereocenters. The van der Waals surface area contributed by atoms with E-state index in [4.69, 9.17) is 5.11 Å². The van der Waals surface area contributed by atoms with Crippen LogP contribution in [0.3, 0.4) is 0 Å². The Morgan fingerprint density at radius 2 is 2.17 bits per heavy atom. The number of nitrogens with one attached hydrogen (secondary N) is 1. The topological polar surface area (TPSA) is 84.2 Å². The Hall–Kier alpha value is -1.85. The highest BCUT2D eigenvalue weighted by Gasteiger charge is 2.37. The van der Waals surface area contributed by atoms with Gasteiger partial charge in [0.05, 0.1) is 18.2 Å². The zero-order valence-electron chi connectivity index (χ0n) is 10.1. The van der Waals surface area contributed by atoms with Gasteiger partial charge in [-0.1, -0.05) is 6.42 Å². The number of aromatic nitrogens is 2. The molecule has 2 rings (SSSR count). The molecule has 1 aliphatic carbocycles. The van der Waals surface area contributed by atoms with Crippen LogP contribution in [0.25, 0.3) is 0 Å². The first-order chi connectivity index (χ1) is 8.68. The number of aliphatic carboxylic acids is 1. The molecule has 98 valence electrons. The van der Waals surface area contributed by atoms with Crippen molar-refractivity contribution in [3.63, 3.8) is 0 Å². The van der Waals surface area contributed by atoms with Crippen LogP contribution < -0.4 is 5.32 Å². The summed E-state index contributed by atoms with van der Waals surface area (Å²) in [5.74, 6) is -1.88. The van der Waals surface area contributed by atoms with E-state index < -0.39 is 11.9 Å². The average Bonchev–Trinajstić information content (AvgIpc) is 2.99. The molecule has 0 aliphatic heterocycles. The van der Waals surface area contributed by atoms with Crippen LogP contribution in [-0.4, -0.2) is 33.1 Å². The summed E-state index contributed by atoms with van der Waals surface area (Å²) in [7, 11) is 0. The van der Waals surface area contributed by atoms with Crippen LogP contribution in [0.1, 0.15) is 19.3 Å². The van der Waals surface area contributed by atoms with Crippen molar-refractivity contribution < 1.29 is 14.7 Å². The molecule has 1 amide bonds. The Kier molecular flexibility index (Phi) is 3.96. The fourth-order valence-corrected chi connectivity index (χ4v) is 2.43. The van der Waals surface area contributed by atoms with Crippen molar-refractivity contribution >= 4 is 11.9 Å². The van der Waals surface area contributed by atoms with E-state index in [9.17, 15) is 9.59 Å². The van der Waals surface area contributed by atoms with E-state index in [2.05, 4.69) is 10.3 Å². The lowest BCUT2D eigenvalue weighted by molar-refractivity contribution is -0.146. The van der Waals surface area contributed by atoms with Crippen molar-refractivity contribution in [2.24, 2.45) is 11.8 Å². The predicted molar refractivity (Wildman–Crippen MR) is 63.7 cm³/mol. The fourth-order valence-electron chi connectivity index (χ4n) is 2.43. The summed E-state index contributed by atoms with van der Waals surface area (Å²) in [6.07, 6.45) is 7.28. The highest BCUT2D eigenvalue weighted by Crippen LogP contribution is 2.31. The third kappa shape index (κ3) is 2.88. The number of carbonyl (C=O) groups is 2. The van der Waals surface area contributed by atoms with Crippen molar-refractivity contribution in [3.05, 3.63) is 18.7 Å². The molecule has 18 heavy (non-hydrogen) atoms. The first-order valence-electron chi connectivity index (χ1n) is 6.14. The maximum atomic E-state index is 11.9. The van der Waals surface area contributed by atoms with Gasteiger partial charge in [0.1, 0.15) is 0 Å². The summed E-state index contributed by atoms with van der Waals surface area (Å²) in [4.78, 5) is 26.8. The second-order valence-electron chi connectivity index (χ2n) is 4.57. The number of hydrogen-bond acceptors (Lipinski definition) is 3. The smallest absolute Gasteiger partial charge is 0.307 e. The van der Waals surface area contributed by atoms with Gasteiger partial charge >= 0.3 is 5.97 Å². The van der Waals surface area contributed by atoms with Crippen LogP contribution in [0.15, 0.2) is 18.7 Å². The molecule has 0 aromatic carbocycles. The van der Waals surface area contributed by atoms with Crippen LogP contribution in [-0.2, 0) is 16.1 Å². The predicted octanol–water partition coefficient (Wildman–Crippen LogP) is 0.500. The molecule has 1 fully saturated rings. The molecular formula is C12H17N3O3. The second-order valence-corrected chi connectivity index (χ2v) is 4.57. The molecule has 6 heteroatoms. The van der Waals surface area contributed by atoms with E-state index in [1.807, 2.05) is 10.8 Å². The van der Waals surface area contributed by atoms with Crippen LogP contribution in [0.4, 0.5) is 0 Å². The van der Waals surface area contributed by atoms with Gasteiger partial charge in [-0.15, -0.1) is 0 Å². The lowest BCUT2D eigenvalue weighted by Crippen LogP contribution is -2.36. The van der Waals surface area contributed by atoms with Gasteiger partial charge in [-0.3, -0.25) is 9.59 Å². The van der Waals surface area contributed by atoms with Crippen LogP contribution in [0.5, 0.6) is 0 Å². The van der Waals surface area contributed by atoms with Crippen molar-refractivity contribution in [1.29, 1.82) is 0 Å². The summed E-state index contributed by atoms with van der Waals surface area (Å²) >= 11 is 0. The molecule has 0 radical (unpaired) electrons. The number of rotatable bonds is 5. The Labute approximate surface area is 105 Å². The molecule has 6 nitrogen and oxygen atoms in total. The van der Waals surface area contributed by atoms with E-state index in [0.29, 0.717) is 25.9 Å². The molecular weight excluding hydrogens is 234 g/mol. The Balaban J connectivity index is 1.79. The number of carboxylic acid groups (broad SMARTS) is 1. The molecule has 1 heterocycles. The van der Waals surface area contributed by atoms with E-state index in [0.717, 1.165) is 6.42 Å². The molecule has 1 aromatic rings. The Morgan fingerprint density at radius 1 is 1.39 bits per heavy atom. The number of nitrogens with zero attached hydrogens (tertiary/aromatic N) is 2. The van der Waals surface area contributed by atoms with Gasteiger partial charge in [-0.05, 0) is 12.8 Å². The minimum Gasteiger partial charge on any atom is -0.481 e. The first-order valence-corrected chi connectivity index (χ1v) is 6.14. The van der Waals surface area contributed by atoms with Crippen LogP contribution in [0.2, 0.25) is 0 Å². The molecule has 0 bridgehead atoms. The number of imidazole rings is 1. The van der Waals surface area contributed by atoms with E-state index in [1.54, 1.807) is 12.5 Å². The number of carbonyl (C=O) groups excluding carboxylic acids is 1. The SMILES string of the molecule is O=C(O)[C@H]1CCC[C@H]1C(=O)NCCn1ccnc1. The van der Waals surface area contributed by atoms with Crippen molar-refractivity contribution in [3.8, 4) is 0 Å². The van der Waals surface area contributed by atoms with Crippen LogP contribution in [0, 0.1) is 11.8 Å². The largest absolute Gasteiger partial charge is 0.481 e. The molecule has 2 atom stereocenters. The van der Waals surface area contributed by atoms with Crippen molar-refractivity contribution in [2.45, 2.75) is 25.8 Å². The van der Waals surface area contributed by atoms with Gasteiger partial charge < -0.3 is 15.0 Å². The van der Waals surface area contributed by atoms with Gasteiger partial charge in [-0.25, -0.2) is 4.98 Å². The van der Waals surface area contributed by atoms with Crippen LogP contribution >= 0.6 is 0 Å². The summed E-state index contributed by atoms with van der Waals surface area (Å²) in [6, 6.07) is 0. The van der Waals surface area contributed by atoms with Gasteiger partial charge in [0.25, 0.3) is 0 Å². The molecule has 1 aromatic heterocycles. The summed E-state index contributed by atoms with van der Waals surface area (Å²) in [5.41, 5.74) is 0.